The first-order valence-corrected chi connectivity index (χ1v) is 9.91. The zero-order valence-electron chi connectivity index (χ0n) is 15.9. The molecule has 0 saturated heterocycles. The minimum atomic E-state index is -0.0714. The summed E-state index contributed by atoms with van der Waals surface area (Å²) in [7, 11) is 3.94. The second-order valence-corrected chi connectivity index (χ2v) is 8.06. The summed E-state index contributed by atoms with van der Waals surface area (Å²) < 4.78 is 0.804. The molecule has 1 saturated carbocycles. The molecule has 27 heavy (non-hydrogen) atoms. The van der Waals surface area contributed by atoms with Crippen LogP contribution < -0.4 is 15.5 Å². The Labute approximate surface area is 168 Å². The maximum Gasteiger partial charge on any atom is 0.253 e. The van der Waals surface area contributed by atoms with Crippen molar-refractivity contribution in [1.82, 2.24) is 20.3 Å². The molecule has 0 unspecified atom stereocenters. The number of aryl methyl sites for hydroxylation is 1. The van der Waals surface area contributed by atoms with Gasteiger partial charge in [-0.15, -0.1) is 0 Å². The van der Waals surface area contributed by atoms with E-state index in [1.165, 1.54) is 0 Å². The van der Waals surface area contributed by atoms with Crippen LogP contribution in [0.2, 0.25) is 0 Å². The Kier molecular flexibility index (Phi) is 6.26. The van der Waals surface area contributed by atoms with Crippen LogP contribution in [0.4, 0.5) is 11.8 Å². The highest BCUT2D eigenvalue weighted by atomic mass is 79.9. The van der Waals surface area contributed by atoms with Crippen molar-refractivity contribution in [2.75, 3.05) is 24.3 Å². The monoisotopic (exact) mass is 432 g/mol. The van der Waals surface area contributed by atoms with E-state index in [1.807, 2.05) is 32.0 Å². The molecule has 0 bridgehead atoms. The second kappa shape index (κ2) is 8.65. The highest BCUT2D eigenvalue weighted by molar-refractivity contribution is 9.10. The van der Waals surface area contributed by atoms with Crippen LogP contribution in [0.3, 0.4) is 0 Å². The number of anilines is 2. The van der Waals surface area contributed by atoms with Crippen molar-refractivity contribution in [1.29, 1.82) is 0 Å². The number of hydrogen-bond donors (Lipinski definition) is 2. The van der Waals surface area contributed by atoms with Gasteiger partial charge in [-0.3, -0.25) is 9.78 Å². The molecule has 2 aromatic rings. The lowest BCUT2D eigenvalue weighted by molar-refractivity contribution is 0.0926. The summed E-state index contributed by atoms with van der Waals surface area (Å²) in [5.41, 5.74) is 1.52. The van der Waals surface area contributed by atoms with E-state index in [1.54, 1.807) is 18.5 Å². The number of halogens is 1. The molecule has 3 rings (SSSR count). The summed E-state index contributed by atoms with van der Waals surface area (Å²) in [5.74, 6) is 1.50. The van der Waals surface area contributed by atoms with Gasteiger partial charge in [0.2, 0.25) is 5.95 Å². The SMILES string of the molecule is Cc1cc(N(C)C)nc(N[C@H]2CC[C@@H](NC(=O)c3cncc(Br)c3)CC2)n1. The first kappa shape index (κ1) is 19.5. The number of pyridine rings is 1. The number of carbonyl (C=O) groups excluding carboxylic acids is 1. The van der Waals surface area contributed by atoms with Crippen LogP contribution in [0.15, 0.2) is 29.0 Å². The second-order valence-electron chi connectivity index (χ2n) is 7.14. The Morgan fingerprint density at radius 1 is 1.11 bits per heavy atom. The van der Waals surface area contributed by atoms with Crippen LogP contribution in [0.25, 0.3) is 0 Å². The molecule has 2 N–H and O–H groups in total. The van der Waals surface area contributed by atoms with Crippen LogP contribution in [0.5, 0.6) is 0 Å². The molecular weight excluding hydrogens is 408 g/mol. The quantitative estimate of drug-likeness (QED) is 0.754. The van der Waals surface area contributed by atoms with Gasteiger partial charge < -0.3 is 15.5 Å². The molecule has 8 heteroatoms. The summed E-state index contributed by atoms with van der Waals surface area (Å²) in [5, 5.41) is 6.57. The zero-order chi connectivity index (χ0) is 19.4. The van der Waals surface area contributed by atoms with E-state index in [0.29, 0.717) is 17.6 Å². The molecular formula is C19H25BrN6O. The number of nitrogens with zero attached hydrogens (tertiary/aromatic N) is 4. The van der Waals surface area contributed by atoms with Gasteiger partial charge in [-0.25, -0.2) is 4.98 Å². The summed E-state index contributed by atoms with van der Waals surface area (Å²) in [4.78, 5) is 27.4. The largest absolute Gasteiger partial charge is 0.363 e. The van der Waals surface area contributed by atoms with Gasteiger partial charge in [-0.1, -0.05) is 0 Å². The lowest BCUT2D eigenvalue weighted by Crippen LogP contribution is -2.40. The lowest BCUT2D eigenvalue weighted by atomic mass is 9.91. The summed E-state index contributed by atoms with van der Waals surface area (Å²) in [6.07, 6.45) is 7.05. The van der Waals surface area contributed by atoms with Gasteiger partial charge in [0, 0.05) is 54.8 Å². The maximum atomic E-state index is 12.4. The molecule has 0 spiro atoms. The van der Waals surface area contributed by atoms with Gasteiger partial charge in [0.15, 0.2) is 0 Å². The fourth-order valence-electron chi connectivity index (χ4n) is 3.22. The van der Waals surface area contributed by atoms with Crippen molar-refractivity contribution in [3.8, 4) is 0 Å². The fraction of sp³-hybridized carbons (Fsp3) is 0.474. The molecule has 1 aliphatic rings. The Hall–Kier alpha value is -2.22. The highest BCUT2D eigenvalue weighted by Crippen LogP contribution is 2.22. The Morgan fingerprint density at radius 2 is 1.81 bits per heavy atom. The van der Waals surface area contributed by atoms with Crippen molar-refractivity contribution in [2.24, 2.45) is 0 Å². The molecule has 2 aromatic heterocycles. The smallest absolute Gasteiger partial charge is 0.253 e. The minimum Gasteiger partial charge on any atom is -0.363 e. The summed E-state index contributed by atoms with van der Waals surface area (Å²) >= 11 is 3.35. The summed E-state index contributed by atoms with van der Waals surface area (Å²) in [6, 6.07) is 4.26. The molecule has 7 nitrogen and oxygen atoms in total. The minimum absolute atomic E-state index is 0.0714. The molecule has 1 aliphatic carbocycles. The predicted octanol–water partition coefficient (Wildman–Crippen LogP) is 3.16. The molecule has 2 heterocycles. The topological polar surface area (TPSA) is 83.0 Å². The zero-order valence-corrected chi connectivity index (χ0v) is 17.5. The fourth-order valence-corrected chi connectivity index (χ4v) is 3.58. The van der Waals surface area contributed by atoms with Crippen LogP contribution in [-0.4, -0.2) is 47.0 Å². The Morgan fingerprint density at radius 3 is 2.48 bits per heavy atom. The van der Waals surface area contributed by atoms with Gasteiger partial charge >= 0.3 is 0 Å². The standard InChI is InChI=1S/C19H25BrN6O/c1-12-8-17(26(2)3)25-19(22-12)24-16-6-4-15(5-7-16)23-18(27)13-9-14(20)11-21-10-13/h8-11,15-16H,4-7H2,1-3H3,(H,23,27)(H,22,24,25)/t15-,16+. The van der Waals surface area contributed by atoms with Gasteiger partial charge in [0.25, 0.3) is 5.91 Å². The van der Waals surface area contributed by atoms with Crippen LogP contribution in [0.1, 0.15) is 41.7 Å². The van der Waals surface area contributed by atoms with Crippen LogP contribution in [-0.2, 0) is 0 Å². The van der Waals surface area contributed by atoms with E-state index in [2.05, 4.69) is 41.5 Å². The first-order chi connectivity index (χ1) is 12.9. The maximum absolute atomic E-state index is 12.4. The molecule has 0 aromatic carbocycles. The number of aromatic nitrogens is 3. The molecule has 1 amide bonds. The number of nitrogens with one attached hydrogen (secondary N) is 2. The molecule has 0 atom stereocenters. The van der Waals surface area contributed by atoms with Crippen LogP contribution in [0, 0.1) is 6.92 Å². The van der Waals surface area contributed by atoms with Crippen molar-refractivity contribution in [2.45, 2.75) is 44.7 Å². The van der Waals surface area contributed by atoms with E-state index in [9.17, 15) is 4.79 Å². The van der Waals surface area contributed by atoms with Gasteiger partial charge in [-0.05, 0) is 54.6 Å². The molecule has 1 fully saturated rings. The van der Waals surface area contributed by atoms with Crippen LogP contribution >= 0.6 is 15.9 Å². The molecule has 0 aliphatic heterocycles. The van der Waals surface area contributed by atoms with E-state index in [-0.39, 0.29) is 11.9 Å². The van der Waals surface area contributed by atoms with Crippen molar-refractivity contribution < 1.29 is 4.79 Å². The normalized spacial score (nSPS) is 19.4. The van der Waals surface area contributed by atoms with Gasteiger partial charge in [0.1, 0.15) is 5.82 Å². The average molecular weight is 433 g/mol. The van der Waals surface area contributed by atoms with E-state index in [0.717, 1.165) is 41.7 Å². The third-order valence-corrected chi connectivity index (χ3v) is 5.10. The van der Waals surface area contributed by atoms with Crippen molar-refractivity contribution in [3.05, 3.63) is 40.3 Å². The van der Waals surface area contributed by atoms with Gasteiger partial charge in [0.05, 0.1) is 5.56 Å². The first-order valence-electron chi connectivity index (χ1n) is 9.11. The molecule has 144 valence electrons. The van der Waals surface area contributed by atoms with E-state index >= 15 is 0 Å². The lowest BCUT2D eigenvalue weighted by Gasteiger charge is -2.30. The third-order valence-electron chi connectivity index (χ3n) is 4.66. The summed E-state index contributed by atoms with van der Waals surface area (Å²) in [6.45, 7) is 1.98. The van der Waals surface area contributed by atoms with E-state index < -0.39 is 0 Å². The number of carbonyl (C=O) groups is 1. The van der Waals surface area contributed by atoms with Gasteiger partial charge in [-0.2, -0.15) is 4.98 Å². The Bertz CT molecular complexity index is 805. The van der Waals surface area contributed by atoms with Crippen molar-refractivity contribution in [3.63, 3.8) is 0 Å². The van der Waals surface area contributed by atoms with E-state index in [4.69, 9.17) is 0 Å². The van der Waals surface area contributed by atoms with Crippen molar-refractivity contribution >= 4 is 33.6 Å². The number of hydrogen-bond acceptors (Lipinski definition) is 6. The predicted molar refractivity (Wildman–Crippen MR) is 110 cm³/mol. The number of amides is 1. The molecule has 0 radical (unpaired) electrons. The highest BCUT2D eigenvalue weighted by Gasteiger charge is 2.23. The number of rotatable bonds is 5. The Balaban J connectivity index is 1.53. The average Bonchev–Trinajstić information content (AvgIpc) is 2.63. The third kappa shape index (κ3) is 5.38.